The topological polar surface area (TPSA) is 49.6 Å². The number of carbonyl (C=O) groups is 1. The van der Waals surface area contributed by atoms with Crippen LogP contribution in [-0.4, -0.2) is 53.5 Å². The number of nitrogens with zero attached hydrogens (tertiary/aromatic N) is 2. The standard InChI is InChI=1S/C11H23N3O/c1-8(2)14(9(3)4)6-5-13-7-10(12)11(13)15/h8-10H,5-7,12H2,1-4H3. The van der Waals surface area contributed by atoms with Gasteiger partial charge in [-0.2, -0.15) is 0 Å². The van der Waals surface area contributed by atoms with E-state index >= 15 is 0 Å². The number of hydrogen-bond acceptors (Lipinski definition) is 3. The lowest BCUT2D eigenvalue weighted by molar-refractivity contribution is -0.142. The molecule has 1 heterocycles. The van der Waals surface area contributed by atoms with Gasteiger partial charge in [0.25, 0.3) is 0 Å². The van der Waals surface area contributed by atoms with E-state index in [0.717, 1.165) is 19.6 Å². The van der Waals surface area contributed by atoms with E-state index in [2.05, 4.69) is 32.6 Å². The molecule has 1 aliphatic heterocycles. The van der Waals surface area contributed by atoms with Crippen LogP contribution in [0.3, 0.4) is 0 Å². The molecular formula is C11H23N3O. The Labute approximate surface area is 92.4 Å². The van der Waals surface area contributed by atoms with Crippen molar-refractivity contribution in [2.75, 3.05) is 19.6 Å². The molecule has 1 aliphatic rings. The summed E-state index contributed by atoms with van der Waals surface area (Å²) in [6.45, 7) is 11.2. The van der Waals surface area contributed by atoms with Gasteiger partial charge < -0.3 is 10.6 Å². The van der Waals surface area contributed by atoms with Crippen molar-refractivity contribution in [1.29, 1.82) is 0 Å². The Morgan fingerprint density at radius 3 is 2.27 bits per heavy atom. The summed E-state index contributed by atoms with van der Waals surface area (Å²) < 4.78 is 0. The van der Waals surface area contributed by atoms with E-state index in [9.17, 15) is 4.79 Å². The smallest absolute Gasteiger partial charge is 0.241 e. The fourth-order valence-electron chi connectivity index (χ4n) is 2.08. The van der Waals surface area contributed by atoms with Crippen molar-refractivity contribution in [1.82, 2.24) is 9.80 Å². The van der Waals surface area contributed by atoms with Crippen LogP contribution in [0.2, 0.25) is 0 Å². The molecule has 0 aromatic carbocycles. The molecule has 1 amide bonds. The third-order valence-corrected chi connectivity index (χ3v) is 3.00. The van der Waals surface area contributed by atoms with Crippen LogP contribution in [0.5, 0.6) is 0 Å². The number of nitrogens with two attached hydrogens (primary N) is 1. The van der Waals surface area contributed by atoms with E-state index < -0.39 is 0 Å². The maximum atomic E-state index is 11.3. The highest BCUT2D eigenvalue weighted by Crippen LogP contribution is 2.10. The molecule has 4 nitrogen and oxygen atoms in total. The fraction of sp³-hybridized carbons (Fsp3) is 0.909. The van der Waals surface area contributed by atoms with E-state index in [4.69, 9.17) is 5.73 Å². The van der Waals surface area contributed by atoms with E-state index in [1.165, 1.54) is 0 Å². The molecule has 1 saturated heterocycles. The number of likely N-dealkylation sites (tertiary alicyclic amines) is 1. The molecule has 0 spiro atoms. The lowest BCUT2D eigenvalue weighted by Gasteiger charge is -2.39. The van der Waals surface area contributed by atoms with Crippen molar-refractivity contribution in [3.8, 4) is 0 Å². The first kappa shape index (κ1) is 12.5. The zero-order chi connectivity index (χ0) is 11.6. The van der Waals surface area contributed by atoms with E-state index in [-0.39, 0.29) is 11.9 Å². The molecule has 0 aromatic rings. The summed E-state index contributed by atoms with van der Waals surface area (Å²) in [5.41, 5.74) is 5.53. The second-order valence-electron chi connectivity index (χ2n) is 4.82. The molecule has 88 valence electrons. The third-order valence-electron chi connectivity index (χ3n) is 3.00. The molecule has 0 aliphatic carbocycles. The summed E-state index contributed by atoms with van der Waals surface area (Å²) in [6.07, 6.45) is 0. The van der Waals surface area contributed by atoms with Crippen LogP contribution >= 0.6 is 0 Å². The van der Waals surface area contributed by atoms with Gasteiger partial charge in [0.2, 0.25) is 5.91 Å². The summed E-state index contributed by atoms with van der Waals surface area (Å²) in [5, 5.41) is 0. The summed E-state index contributed by atoms with van der Waals surface area (Å²) >= 11 is 0. The molecule has 0 radical (unpaired) electrons. The Morgan fingerprint density at radius 1 is 1.40 bits per heavy atom. The number of carbonyl (C=O) groups excluding carboxylic acids is 1. The first-order valence-corrected chi connectivity index (χ1v) is 5.73. The Kier molecular flexibility index (Phi) is 4.11. The van der Waals surface area contributed by atoms with Crippen molar-refractivity contribution in [2.45, 2.75) is 45.8 Å². The molecule has 4 heteroatoms. The number of hydrogen-bond donors (Lipinski definition) is 1. The van der Waals surface area contributed by atoms with Gasteiger partial charge >= 0.3 is 0 Å². The molecule has 1 fully saturated rings. The lowest BCUT2D eigenvalue weighted by Crippen LogP contribution is -2.62. The van der Waals surface area contributed by atoms with Gasteiger partial charge in [-0.1, -0.05) is 0 Å². The van der Waals surface area contributed by atoms with E-state index in [1.807, 2.05) is 4.90 Å². The zero-order valence-corrected chi connectivity index (χ0v) is 10.2. The minimum Gasteiger partial charge on any atom is -0.338 e. The van der Waals surface area contributed by atoms with Gasteiger partial charge in [0.15, 0.2) is 0 Å². The van der Waals surface area contributed by atoms with Gasteiger partial charge in [-0.3, -0.25) is 9.69 Å². The lowest BCUT2D eigenvalue weighted by atomic mass is 10.1. The molecule has 1 unspecified atom stereocenters. The van der Waals surface area contributed by atoms with Crippen molar-refractivity contribution < 1.29 is 4.79 Å². The van der Waals surface area contributed by atoms with Crippen LogP contribution in [0.1, 0.15) is 27.7 Å². The van der Waals surface area contributed by atoms with E-state index in [1.54, 1.807) is 0 Å². The van der Waals surface area contributed by atoms with E-state index in [0.29, 0.717) is 12.1 Å². The van der Waals surface area contributed by atoms with Crippen LogP contribution < -0.4 is 5.73 Å². The van der Waals surface area contributed by atoms with Gasteiger partial charge in [0, 0.05) is 31.7 Å². The second-order valence-corrected chi connectivity index (χ2v) is 4.82. The number of β-lactam (4-membered cyclic amide) rings is 1. The summed E-state index contributed by atoms with van der Waals surface area (Å²) in [4.78, 5) is 15.5. The SMILES string of the molecule is CC(C)N(CCN1CC(N)C1=O)C(C)C. The number of amides is 1. The fourth-order valence-corrected chi connectivity index (χ4v) is 2.08. The molecule has 15 heavy (non-hydrogen) atoms. The van der Waals surface area contributed by atoms with Gasteiger partial charge in [0.1, 0.15) is 6.04 Å². The van der Waals surface area contributed by atoms with Gasteiger partial charge in [-0.15, -0.1) is 0 Å². The molecule has 1 rings (SSSR count). The molecular weight excluding hydrogens is 190 g/mol. The van der Waals surface area contributed by atoms with Crippen LogP contribution in [0, 0.1) is 0 Å². The van der Waals surface area contributed by atoms with Crippen LogP contribution in [0.15, 0.2) is 0 Å². The van der Waals surface area contributed by atoms with Crippen LogP contribution in [0.25, 0.3) is 0 Å². The van der Waals surface area contributed by atoms with Crippen molar-refractivity contribution in [3.05, 3.63) is 0 Å². The molecule has 1 atom stereocenters. The second kappa shape index (κ2) is 4.94. The Bertz CT molecular complexity index is 220. The van der Waals surface area contributed by atoms with Gasteiger partial charge in [-0.05, 0) is 27.7 Å². The first-order valence-electron chi connectivity index (χ1n) is 5.73. The van der Waals surface area contributed by atoms with Crippen LogP contribution in [0.4, 0.5) is 0 Å². The summed E-state index contributed by atoms with van der Waals surface area (Å²) in [7, 11) is 0. The van der Waals surface area contributed by atoms with Crippen LogP contribution in [-0.2, 0) is 4.79 Å². The Balaban J connectivity index is 2.32. The highest BCUT2D eigenvalue weighted by Gasteiger charge is 2.33. The average molecular weight is 213 g/mol. The summed E-state index contributed by atoms with van der Waals surface area (Å²) in [5.74, 6) is 0.0995. The minimum atomic E-state index is -0.239. The molecule has 0 saturated carbocycles. The predicted octanol–water partition coefficient (Wildman–Crippen LogP) is 0.275. The van der Waals surface area contributed by atoms with Gasteiger partial charge in [-0.25, -0.2) is 0 Å². The van der Waals surface area contributed by atoms with Crippen molar-refractivity contribution in [2.24, 2.45) is 5.73 Å². The average Bonchev–Trinajstić information content (AvgIpc) is 2.15. The normalized spacial score (nSPS) is 21.7. The third kappa shape index (κ3) is 2.92. The van der Waals surface area contributed by atoms with Crippen molar-refractivity contribution in [3.63, 3.8) is 0 Å². The Morgan fingerprint density at radius 2 is 1.93 bits per heavy atom. The van der Waals surface area contributed by atoms with Gasteiger partial charge in [0.05, 0.1) is 0 Å². The Hall–Kier alpha value is -0.610. The molecule has 0 aromatic heterocycles. The molecule has 0 bridgehead atoms. The highest BCUT2D eigenvalue weighted by molar-refractivity contribution is 5.87. The maximum absolute atomic E-state index is 11.3. The quantitative estimate of drug-likeness (QED) is 0.667. The molecule has 2 N–H and O–H groups in total. The summed E-state index contributed by atoms with van der Waals surface area (Å²) in [6, 6.07) is 0.807. The van der Waals surface area contributed by atoms with Crippen molar-refractivity contribution >= 4 is 5.91 Å². The minimum absolute atomic E-state index is 0.0995. The number of rotatable bonds is 5. The largest absolute Gasteiger partial charge is 0.338 e. The highest BCUT2D eigenvalue weighted by atomic mass is 16.2. The maximum Gasteiger partial charge on any atom is 0.241 e. The predicted molar refractivity (Wildman–Crippen MR) is 61.5 cm³/mol. The first-order chi connectivity index (χ1) is 6.93. The zero-order valence-electron chi connectivity index (χ0n) is 10.2. The monoisotopic (exact) mass is 213 g/mol.